The zero-order valence-corrected chi connectivity index (χ0v) is 31.7. The van der Waals surface area contributed by atoms with Gasteiger partial charge in [0.2, 0.25) is 9.70 Å². The zero-order chi connectivity index (χ0) is 36.7. The number of hydrazine groups is 1. The van der Waals surface area contributed by atoms with E-state index in [-0.39, 0.29) is 29.1 Å². The Labute approximate surface area is 303 Å². The first-order valence-corrected chi connectivity index (χ1v) is 17.5. The fourth-order valence-electron chi connectivity index (χ4n) is 5.88. The molecule has 1 aromatic heterocycles. The van der Waals surface area contributed by atoms with Crippen LogP contribution < -0.4 is 10.7 Å². The van der Waals surface area contributed by atoms with Crippen LogP contribution in [0.5, 0.6) is 0 Å². The van der Waals surface area contributed by atoms with Gasteiger partial charge in [-0.1, -0.05) is 92.8 Å². The van der Waals surface area contributed by atoms with Gasteiger partial charge in [-0.15, -0.1) is 0 Å². The molecule has 0 aliphatic carbocycles. The molecule has 270 valence electrons. The van der Waals surface area contributed by atoms with Gasteiger partial charge in [0.1, 0.15) is 24.8 Å². The Morgan fingerprint density at radius 3 is 2.43 bits per heavy atom. The summed E-state index contributed by atoms with van der Waals surface area (Å²) in [4.78, 5) is 57.4. The van der Waals surface area contributed by atoms with Crippen LogP contribution in [0.4, 0.5) is 0 Å². The van der Waals surface area contributed by atoms with Crippen LogP contribution in [0.15, 0.2) is 36.4 Å². The van der Waals surface area contributed by atoms with E-state index in [0.29, 0.717) is 31.6 Å². The third-order valence-corrected chi connectivity index (χ3v) is 8.43. The maximum Gasteiger partial charge on any atom is 0.325 e. The van der Waals surface area contributed by atoms with Crippen molar-refractivity contribution in [2.75, 3.05) is 26.7 Å². The number of carbonyl (C=O) groups excluding carboxylic acids is 4. The minimum Gasteiger partial charge on any atom is -0.460 e. The van der Waals surface area contributed by atoms with Gasteiger partial charge in [-0.25, -0.2) is 10.4 Å². The van der Waals surface area contributed by atoms with E-state index in [9.17, 15) is 19.2 Å². The second-order valence-corrected chi connectivity index (χ2v) is 16.1. The molecule has 4 atom stereocenters. The van der Waals surface area contributed by atoms with Crippen LogP contribution in [0.1, 0.15) is 78.7 Å². The van der Waals surface area contributed by atoms with Crippen molar-refractivity contribution >= 4 is 75.5 Å². The number of rotatable bonds is 13. The number of aromatic nitrogens is 1. The maximum absolute atomic E-state index is 13.6. The molecule has 1 aliphatic rings. The first-order valence-electron chi connectivity index (χ1n) is 16.3. The largest absolute Gasteiger partial charge is 0.460 e. The number of hydrogen-bond acceptors (Lipinski definition) is 9. The predicted molar refractivity (Wildman–Crippen MR) is 193 cm³/mol. The highest BCUT2D eigenvalue weighted by Gasteiger charge is 2.35. The second kappa shape index (κ2) is 17.3. The van der Waals surface area contributed by atoms with Gasteiger partial charge in [-0.3, -0.25) is 29.1 Å². The summed E-state index contributed by atoms with van der Waals surface area (Å²) in [7, 11) is 1.90. The van der Waals surface area contributed by atoms with Crippen LogP contribution in [0, 0.1) is 11.3 Å². The predicted octanol–water partition coefficient (Wildman–Crippen LogP) is 5.77. The third-order valence-electron chi connectivity index (χ3n) is 8.10. The standard InChI is InChI=1S/C35H48Cl3N5O6/c1-21(2)30(31(45)39-22(3)32(46)43-17-9-10-28(41-43)33(47)48-20-35(36,37)38)42(8)19-34(6,7)16-15-25-11-12-26-13-14-27(40-29(26)18-25)23(4)49-24(5)44/h11-16,18,21-23,28,30,41H,9-10,17,19-20H2,1-8H3,(H,39,45)/t22-,23+,28-,30-/m0/s1. The summed E-state index contributed by atoms with van der Waals surface area (Å²) in [5.41, 5.74) is 5.00. The molecule has 0 spiro atoms. The maximum atomic E-state index is 13.6. The highest BCUT2D eigenvalue weighted by atomic mass is 35.6. The van der Waals surface area contributed by atoms with Crippen molar-refractivity contribution in [2.45, 2.75) is 89.3 Å². The molecular weight excluding hydrogens is 693 g/mol. The molecule has 1 aromatic carbocycles. The Morgan fingerprint density at radius 1 is 1.12 bits per heavy atom. The molecule has 0 unspecified atom stereocenters. The average molecular weight is 741 g/mol. The van der Waals surface area contributed by atoms with Gasteiger partial charge >= 0.3 is 11.9 Å². The van der Waals surface area contributed by atoms with Crippen LogP contribution in [-0.4, -0.2) is 87.3 Å². The molecule has 0 radical (unpaired) electrons. The summed E-state index contributed by atoms with van der Waals surface area (Å²) >= 11 is 17.0. The smallest absolute Gasteiger partial charge is 0.325 e. The van der Waals surface area contributed by atoms with Crippen molar-refractivity contribution in [1.82, 2.24) is 25.6 Å². The Balaban J connectivity index is 1.63. The number of pyridine rings is 1. The number of nitrogens with one attached hydrogen (secondary N) is 2. The monoisotopic (exact) mass is 739 g/mol. The molecule has 2 amide bonds. The molecule has 0 saturated carbocycles. The van der Waals surface area contributed by atoms with Crippen molar-refractivity contribution in [2.24, 2.45) is 11.3 Å². The Hall–Kier alpha value is -2.96. The van der Waals surface area contributed by atoms with Gasteiger partial charge in [-0.2, -0.15) is 0 Å². The summed E-state index contributed by atoms with van der Waals surface area (Å²) in [6.45, 7) is 13.4. The molecule has 0 bridgehead atoms. The SMILES string of the molecule is CC(=O)O[C@H](C)c1ccc2ccc(C=CC(C)(C)CN(C)[C@H](C(=O)N[C@@H](C)C(=O)N3CCC[C@@H](C(=O)OCC(Cl)(Cl)Cl)N3)C(C)C)cc2n1. The van der Waals surface area contributed by atoms with Crippen molar-refractivity contribution in [3.05, 3.63) is 47.7 Å². The molecular formula is C35H48Cl3N5O6. The van der Waals surface area contributed by atoms with Gasteiger partial charge in [0, 0.05) is 25.4 Å². The van der Waals surface area contributed by atoms with E-state index in [4.69, 9.17) is 49.3 Å². The number of alkyl halides is 3. The number of esters is 2. The number of halogens is 3. The number of benzene rings is 1. The van der Waals surface area contributed by atoms with Gasteiger partial charge in [-0.05, 0) is 62.8 Å². The van der Waals surface area contributed by atoms with E-state index in [1.165, 1.54) is 11.9 Å². The number of amides is 2. The summed E-state index contributed by atoms with van der Waals surface area (Å²) < 4.78 is 8.62. The number of carbonyl (C=O) groups is 4. The lowest BCUT2D eigenvalue weighted by Crippen LogP contribution is -2.61. The van der Waals surface area contributed by atoms with Crippen LogP contribution in [0.2, 0.25) is 0 Å². The second-order valence-electron chi connectivity index (χ2n) is 13.6. The third kappa shape index (κ3) is 12.4. The van der Waals surface area contributed by atoms with E-state index in [0.717, 1.165) is 16.5 Å². The molecule has 1 fully saturated rings. The topological polar surface area (TPSA) is 130 Å². The summed E-state index contributed by atoms with van der Waals surface area (Å²) in [5.74, 6) is -1.68. The number of fused-ring (bicyclic) bond motifs is 1. The van der Waals surface area contributed by atoms with Gasteiger partial charge in [0.15, 0.2) is 0 Å². The molecule has 11 nitrogen and oxygen atoms in total. The minimum atomic E-state index is -1.74. The molecule has 2 heterocycles. The minimum absolute atomic E-state index is 0.0487. The molecule has 1 aliphatic heterocycles. The van der Waals surface area contributed by atoms with Crippen LogP contribution in [-0.2, 0) is 28.7 Å². The number of likely N-dealkylation sites (N-methyl/N-ethyl adjacent to an activating group) is 1. The zero-order valence-electron chi connectivity index (χ0n) is 29.4. The van der Waals surface area contributed by atoms with Crippen molar-refractivity contribution in [3.63, 3.8) is 0 Å². The van der Waals surface area contributed by atoms with Crippen molar-refractivity contribution in [1.29, 1.82) is 0 Å². The molecule has 2 N–H and O–H groups in total. The summed E-state index contributed by atoms with van der Waals surface area (Å²) in [5, 5.41) is 5.19. The summed E-state index contributed by atoms with van der Waals surface area (Å²) in [6, 6.07) is 7.69. The van der Waals surface area contributed by atoms with E-state index < -0.39 is 40.6 Å². The number of ether oxygens (including phenoxy) is 2. The Bertz CT molecular complexity index is 1530. The molecule has 14 heteroatoms. The number of nitrogens with zero attached hydrogens (tertiary/aromatic N) is 3. The molecule has 3 rings (SSSR count). The highest BCUT2D eigenvalue weighted by molar-refractivity contribution is 6.67. The van der Waals surface area contributed by atoms with E-state index >= 15 is 0 Å². The molecule has 49 heavy (non-hydrogen) atoms. The first-order chi connectivity index (χ1) is 22.8. The Morgan fingerprint density at radius 2 is 1.80 bits per heavy atom. The lowest BCUT2D eigenvalue weighted by molar-refractivity contribution is -0.153. The van der Waals surface area contributed by atoms with E-state index in [1.54, 1.807) is 13.8 Å². The fraction of sp³-hybridized carbons (Fsp3) is 0.571. The number of hydrogen-bond donors (Lipinski definition) is 2. The normalized spacial score (nSPS) is 17.7. The van der Waals surface area contributed by atoms with Gasteiger partial charge < -0.3 is 14.8 Å². The van der Waals surface area contributed by atoms with E-state index in [2.05, 4.69) is 30.7 Å². The van der Waals surface area contributed by atoms with Crippen LogP contribution >= 0.6 is 34.8 Å². The van der Waals surface area contributed by atoms with Crippen LogP contribution in [0.3, 0.4) is 0 Å². The van der Waals surface area contributed by atoms with Crippen LogP contribution in [0.25, 0.3) is 17.0 Å². The lowest BCUT2D eigenvalue weighted by Gasteiger charge is -2.37. The van der Waals surface area contributed by atoms with Gasteiger partial charge in [0.05, 0.1) is 17.3 Å². The Kier molecular flexibility index (Phi) is 14.3. The summed E-state index contributed by atoms with van der Waals surface area (Å²) in [6.07, 6.45) is 4.69. The van der Waals surface area contributed by atoms with Crippen molar-refractivity contribution in [3.8, 4) is 0 Å². The lowest BCUT2D eigenvalue weighted by atomic mass is 9.89. The van der Waals surface area contributed by atoms with Crippen molar-refractivity contribution < 1.29 is 28.7 Å². The quantitative estimate of drug-likeness (QED) is 0.194. The molecule has 2 aromatic rings. The fourth-order valence-corrected chi connectivity index (χ4v) is 6.04. The van der Waals surface area contributed by atoms with E-state index in [1.807, 2.05) is 62.2 Å². The molecule has 1 saturated heterocycles. The van der Waals surface area contributed by atoms with Gasteiger partial charge in [0.25, 0.3) is 5.91 Å². The highest BCUT2D eigenvalue weighted by Crippen LogP contribution is 2.27. The first kappa shape index (κ1) is 40.5. The average Bonchev–Trinajstić information content (AvgIpc) is 3.00.